The van der Waals surface area contributed by atoms with Crippen molar-refractivity contribution in [1.29, 1.82) is 0 Å². The smallest absolute Gasteiger partial charge is 0.318 e. The van der Waals surface area contributed by atoms with E-state index in [2.05, 4.69) is 15.9 Å². The lowest BCUT2D eigenvalue weighted by atomic mass is 10.3. The lowest BCUT2D eigenvalue weighted by molar-refractivity contribution is -0.126. The van der Waals surface area contributed by atoms with Gasteiger partial charge in [0.2, 0.25) is 0 Å². The number of imide groups is 1. The minimum absolute atomic E-state index is 0.170. The maximum absolute atomic E-state index is 13.0. The van der Waals surface area contributed by atoms with E-state index in [1.807, 2.05) is 5.32 Å². The first-order valence-electron chi connectivity index (χ1n) is 4.61. The molecule has 3 N–H and O–H groups in total. The molecular formula is C10H10BrFN2O3. The van der Waals surface area contributed by atoms with E-state index in [-0.39, 0.29) is 5.75 Å². The molecule has 1 aromatic carbocycles. The highest BCUT2D eigenvalue weighted by molar-refractivity contribution is 9.10. The lowest BCUT2D eigenvalue weighted by Gasteiger charge is -2.13. The monoisotopic (exact) mass is 304 g/mol. The molecular weight excluding hydrogens is 295 g/mol. The first-order chi connectivity index (χ1) is 7.88. The van der Waals surface area contributed by atoms with Gasteiger partial charge in [0, 0.05) is 10.5 Å². The van der Waals surface area contributed by atoms with Crippen molar-refractivity contribution in [1.82, 2.24) is 5.32 Å². The quantitative estimate of drug-likeness (QED) is 0.889. The Hall–Kier alpha value is -1.63. The maximum Gasteiger partial charge on any atom is 0.318 e. The van der Waals surface area contributed by atoms with Crippen LogP contribution in [0.1, 0.15) is 6.92 Å². The normalized spacial score (nSPS) is 11.7. The highest BCUT2D eigenvalue weighted by atomic mass is 79.9. The Labute approximate surface area is 105 Å². The number of hydrogen-bond donors (Lipinski definition) is 2. The summed E-state index contributed by atoms with van der Waals surface area (Å²) in [6.07, 6.45) is -0.962. The van der Waals surface area contributed by atoms with Crippen LogP contribution in [0.15, 0.2) is 22.7 Å². The molecule has 1 rings (SSSR count). The van der Waals surface area contributed by atoms with E-state index in [1.54, 1.807) is 0 Å². The molecule has 17 heavy (non-hydrogen) atoms. The van der Waals surface area contributed by atoms with Gasteiger partial charge in [-0.25, -0.2) is 9.18 Å². The lowest BCUT2D eigenvalue weighted by Crippen LogP contribution is -2.42. The maximum atomic E-state index is 13.0. The van der Waals surface area contributed by atoms with Gasteiger partial charge in [0.05, 0.1) is 0 Å². The number of carbonyl (C=O) groups is 2. The van der Waals surface area contributed by atoms with Crippen molar-refractivity contribution in [2.24, 2.45) is 5.73 Å². The predicted octanol–water partition coefficient (Wildman–Crippen LogP) is 1.55. The van der Waals surface area contributed by atoms with Crippen molar-refractivity contribution in [2.45, 2.75) is 13.0 Å². The van der Waals surface area contributed by atoms with E-state index < -0.39 is 23.9 Å². The molecule has 1 atom stereocenters. The second-order valence-corrected chi connectivity index (χ2v) is 4.13. The number of nitrogens with two attached hydrogens (primary N) is 1. The molecule has 0 spiro atoms. The van der Waals surface area contributed by atoms with Gasteiger partial charge >= 0.3 is 6.03 Å². The number of amides is 3. The van der Waals surface area contributed by atoms with E-state index in [0.29, 0.717) is 4.47 Å². The summed E-state index contributed by atoms with van der Waals surface area (Å²) in [5.41, 5.74) is 4.78. The largest absolute Gasteiger partial charge is 0.481 e. The van der Waals surface area contributed by atoms with Crippen molar-refractivity contribution in [3.05, 3.63) is 28.5 Å². The van der Waals surface area contributed by atoms with E-state index in [4.69, 9.17) is 10.5 Å². The van der Waals surface area contributed by atoms with Crippen LogP contribution in [0.4, 0.5) is 9.18 Å². The molecule has 7 heteroatoms. The second kappa shape index (κ2) is 5.62. The average molecular weight is 305 g/mol. The van der Waals surface area contributed by atoms with Crippen LogP contribution in [0.25, 0.3) is 0 Å². The molecule has 0 saturated heterocycles. The summed E-state index contributed by atoms with van der Waals surface area (Å²) < 4.78 is 18.6. The Balaban J connectivity index is 2.70. The summed E-state index contributed by atoms with van der Waals surface area (Å²) in [5, 5.41) is 1.86. The van der Waals surface area contributed by atoms with Crippen LogP contribution < -0.4 is 15.8 Å². The number of urea groups is 1. The van der Waals surface area contributed by atoms with E-state index in [1.165, 1.54) is 19.1 Å². The summed E-state index contributed by atoms with van der Waals surface area (Å²) in [6, 6.07) is 2.91. The van der Waals surface area contributed by atoms with Crippen LogP contribution in [-0.2, 0) is 4.79 Å². The van der Waals surface area contributed by atoms with Crippen molar-refractivity contribution in [3.8, 4) is 5.75 Å². The molecule has 0 bridgehead atoms. The molecule has 0 aliphatic carbocycles. The topological polar surface area (TPSA) is 81.4 Å². The van der Waals surface area contributed by atoms with E-state index >= 15 is 0 Å². The molecule has 5 nitrogen and oxygen atoms in total. The van der Waals surface area contributed by atoms with E-state index in [9.17, 15) is 14.0 Å². The predicted molar refractivity (Wildman–Crippen MR) is 61.9 cm³/mol. The van der Waals surface area contributed by atoms with Gasteiger partial charge in [0.15, 0.2) is 6.10 Å². The molecule has 0 aromatic heterocycles. The molecule has 3 amide bonds. The number of hydrogen-bond acceptors (Lipinski definition) is 3. The summed E-state index contributed by atoms with van der Waals surface area (Å²) in [5.74, 6) is -1.03. The molecule has 0 heterocycles. The van der Waals surface area contributed by atoms with Crippen molar-refractivity contribution in [3.63, 3.8) is 0 Å². The third kappa shape index (κ3) is 4.39. The fourth-order valence-electron chi connectivity index (χ4n) is 1.08. The third-order valence-electron chi connectivity index (χ3n) is 1.76. The summed E-state index contributed by atoms with van der Waals surface area (Å²) in [6.45, 7) is 1.41. The second-order valence-electron chi connectivity index (χ2n) is 3.22. The van der Waals surface area contributed by atoms with Gasteiger partial charge in [-0.2, -0.15) is 0 Å². The molecule has 0 aliphatic rings. The van der Waals surface area contributed by atoms with Crippen LogP contribution in [0.5, 0.6) is 5.75 Å². The summed E-state index contributed by atoms with van der Waals surface area (Å²) >= 11 is 3.09. The van der Waals surface area contributed by atoms with Crippen LogP contribution >= 0.6 is 15.9 Å². The molecule has 0 fully saturated rings. The number of benzene rings is 1. The van der Waals surface area contributed by atoms with Crippen LogP contribution in [0.2, 0.25) is 0 Å². The zero-order chi connectivity index (χ0) is 13.0. The average Bonchev–Trinajstić information content (AvgIpc) is 2.14. The van der Waals surface area contributed by atoms with Crippen LogP contribution in [0.3, 0.4) is 0 Å². The Morgan fingerprint density at radius 2 is 2.12 bits per heavy atom. The summed E-state index contributed by atoms with van der Waals surface area (Å²) in [7, 11) is 0. The van der Waals surface area contributed by atoms with Gasteiger partial charge in [-0.3, -0.25) is 10.1 Å². The van der Waals surface area contributed by atoms with Crippen molar-refractivity contribution in [2.75, 3.05) is 0 Å². The highest BCUT2D eigenvalue weighted by Gasteiger charge is 2.16. The standard InChI is InChI=1S/C10H10BrFN2O3/c1-5(9(15)14-10(13)16)17-8-3-6(11)2-7(12)4-8/h2-5H,1H3,(H3,13,14,15,16). The minimum Gasteiger partial charge on any atom is -0.481 e. The minimum atomic E-state index is -0.967. The first kappa shape index (κ1) is 13.4. The van der Waals surface area contributed by atoms with Gasteiger partial charge in [0.25, 0.3) is 5.91 Å². The number of rotatable bonds is 3. The molecule has 0 aliphatic heterocycles. The zero-order valence-electron chi connectivity index (χ0n) is 8.87. The Kier molecular flexibility index (Phi) is 4.45. The van der Waals surface area contributed by atoms with Crippen LogP contribution in [-0.4, -0.2) is 18.0 Å². The molecule has 1 unspecified atom stereocenters. The SMILES string of the molecule is CC(Oc1cc(F)cc(Br)c1)C(=O)NC(N)=O. The summed E-state index contributed by atoms with van der Waals surface area (Å²) in [4.78, 5) is 21.7. The number of ether oxygens (including phenoxy) is 1. The highest BCUT2D eigenvalue weighted by Crippen LogP contribution is 2.21. The number of nitrogens with one attached hydrogen (secondary N) is 1. The molecule has 0 saturated carbocycles. The molecule has 0 radical (unpaired) electrons. The Morgan fingerprint density at radius 1 is 1.47 bits per heavy atom. The van der Waals surface area contributed by atoms with Crippen molar-refractivity contribution >= 4 is 27.9 Å². The third-order valence-corrected chi connectivity index (χ3v) is 2.22. The zero-order valence-corrected chi connectivity index (χ0v) is 10.5. The van der Waals surface area contributed by atoms with Crippen LogP contribution in [0, 0.1) is 5.82 Å². The fraction of sp³-hybridized carbons (Fsp3) is 0.200. The molecule has 1 aromatic rings. The Bertz CT molecular complexity index is 433. The van der Waals surface area contributed by atoms with E-state index in [0.717, 1.165) is 6.07 Å². The Morgan fingerprint density at radius 3 is 2.65 bits per heavy atom. The fourth-order valence-corrected chi connectivity index (χ4v) is 1.52. The van der Waals surface area contributed by atoms with Gasteiger partial charge in [-0.15, -0.1) is 0 Å². The number of primary amides is 1. The molecule has 92 valence electrons. The van der Waals surface area contributed by atoms with Gasteiger partial charge in [0.1, 0.15) is 11.6 Å². The van der Waals surface area contributed by atoms with Gasteiger partial charge in [-0.1, -0.05) is 15.9 Å². The van der Waals surface area contributed by atoms with Crippen molar-refractivity contribution < 1.29 is 18.7 Å². The van der Waals surface area contributed by atoms with Gasteiger partial charge < -0.3 is 10.5 Å². The number of carbonyl (C=O) groups excluding carboxylic acids is 2. The van der Waals surface area contributed by atoms with Gasteiger partial charge in [-0.05, 0) is 19.1 Å². The number of halogens is 2. The first-order valence-corrected chi connectivity index (χ1v) is 5.41.